The molecule has 0 radical (unpaired) electrons. The fourth-order valence-corrected chi connectivity index (χ4v) is 2.38. The summed E-state index contributed by atoms with van der Waals surface area (Å²) in [4.78, 5) is 15.8. The van der Waals surface area contributed by atoms with Gasteiger partial charge in [0.25, 0.3) is 0 Å². The first-order valence-corrected chi connectivity index (χ1v) is 9.88. The van der Waals surface area contributed by atoms with E-state index in [1.807, 2.05) is 39.8 Å². The third kappa shape index (κ3) is 11.2. The topological polar surface area (TPSA) is 93.2 Å². The second kappa shape index (κ2) is 12.9. The number of hydrogen-bond acceptors (Lipinski definition) is 5. The number of nitrogens with zero attached hydrogens (tertiary/aromatic N) is 1. The highest BCUT2D eigenvalue weighted by Gasteiger charge is 2.15. The van der Waals surface area contributed by atoms with Crippen molar-refractivity contribution >= 4 is 12.1 Å². The van der Waals surface area contributed by atoms with Gasteiger partial charge in [-0.15, -0.1) is 0 Å². The van der Waals surface area contributed by atoms with Crippen LogP contribution >= 0.6 is 0 Å². The first kappa shape index (κ1) is 24.6. The Labute approximate surface area is 174 Å². The molecule has 0 aliphatic heterocycles. The highest BCUT2D eigenvalue weighted by Crippen LogP contribution is 2.20. The number of aliphatic imine (C=N–C) groups is 1. The fourth-order valence-electron chi connectivity index (χ4n) is 2.38. The van der Waals surface area contributed by atoms with Gasteiger partial charge in [-0.1, -0.05) is 12.1 Å². The summed E-state index contributed by atoms with van der Waals surface area (Å²) in [5, 5.41) is 9.25. The molecule has 164 valence electrons. The zero-order valence-corrected chi connectivity index (χ0v) is 18.6. The molecule has 0 saturated heterocycles. The van der Waals surface area contributed by atoms with E-state index in [1.54, 1.807) is 14.2 Å². The number of amides is 1. The predicted octanol–water partition coefficient (Wildman–Crippen LogP) is 2.60. The van der Waals surface area contributed by atoms with Crippen LogP contribution in [-0.4, -0.2) is 58.1 Å². The number of benzene rings is 1. The third-order valence-electron chi connectivity index (χ3n) is 3.75. The molecule has 0 fully saturated rings. The van der Waals surface area contributed by atoms with E-state index in [-0.39, 0.29) is 0 Å². The van der Waals surface area contributed by atoms with Crippen LogP contribution in [0.1, 0.15) is 38.3 Å². The molecule has 1 aromatic rings. The molecular formula is C21H36N4O4. The Hall–Kier alpha value is -2.48. The van der Waals surface area contributed by atoms with Crippen molar-refractivity contribution in [3.8, 4) is 5.75 Å². The standard InChI is InChI=1S/C21H36N4O4/c1-16-8-9-17(18(14-16)28-13-12-27-6)15-25-19(22-5)23-10-7-11-24-20(26)29-21(2,3)4/h8-9,14H,7,10-13,15H2,1-6H3,(H,24,26)(H2,22,23,25). The molecule has 0 aromatic heterocycles. The summed E-state index contributed by atoms with van der Waals surface area (Å²) in [5.74, 6) is 1.53. The van der Waals surface area contributed by atoms with Crippen molar-refractivity contribution in [3.05, 3.63) is 29.3 Å². The normalized spacial score (nSPS) is 11.7. The van der Waals surface area contributed by atoms with E-state index in [9.17, 15) is 4.79 Å². The van der Waals surface area contributed by atoms with Crippen LogP contribution in [0.25, 0.3) is 0 Å². The molecule has 1 amide bonds. The second-order valence-electron chi connectivity index (χ2n) is 7.59. The molecule has 0 aliphatic carbocycles. The average Bonchev–Trinajstić information content (AvgIpc) is 2.64. The summed E-state index contributed by atoms with van der Waals surface area (Å²) in [6.07, 6.45) is 0.343. The van der Waals surface area contributed by atoms with Crippen molar-refractivity contribution in [2.45, 2.75) is 46.3 Å². The predicted molar refractivity (Wildman–Crippen MR) is 116 cm³/mol. The average molecular weight is 409 g/mol. The van der Waals surface area contributed by atoms with Crippen molar-refractivity contribution in [3.63, 3.8) is 0 Å². The van der Waals surface area contributed by atoms with Gasteiger partial charge >= 0.3 is 6.09 Å². The van der Waals surface area contributed by atoms with E-state index in [0.29, 0.717) is 38.8 Å². The van der Waals surface area contributed by atoms with Gasteiger partial charge in [-0.25, -0.2) is 4.79 Å². The van der Waals surface area contributed by atoms with Gasteiger partial charge in [0.1, 0.15) is 18.0 Å². The molecule has 3 N–H and O–H groups in total. The van der Waals surface area contributed by atoms with Gasteiger partial charge in [-0.2, -0.15) is 0 Å². The molecule has 0 aliphatic rings. The fraction of sp³-hybridized carbons (Fsp3) is 0.619. The lowest BCUT2D eigenvalue weighted by Gasteiger charge is -2.19. The number of carbonyl (C=O) groups excluding carboxylic acids is 1. The number of aryl methyl sites for hydroxylation is 1. The largest absolute Gasteiger partial charge is 0.491 e. The van der Waals surface area contributed by atoms with Gasteiger partial charge in [0.15, 0.2) is 5.96 Å². The molecule has 0 spiro atoms. The summed E-state index contributed by atoms with van der Waals surface area (Å²) in [6.45, 7) is 10.4. The minimum Gasteiger partial charge on any atom is -0.491 e. The molecule has 0 heterocycles. The third-order valence-corrected chi connectivity index (χ3v) is 3.75. The first-order valence-electron chi connectivity index (χ1n) is 9.88. The summed E-state index contributed by atoms with van der Waals surface area (Å²) in [7, 11) is 3.38. The number of rotatable bonds is 10. The number of ether oxygens (including phenoxy) is 3. The summed E-state index contributed by atoms with van der Waals surface area (Å²) < 4.78 is 16.1. The Kier molecular flexibility index (Phi) is 10.9. The molecule has 0 saturated carbocycles. The van der Waals surface area contributed by atoms with Gasteiger partial charge < -0.3 is 30.2 Å². The quantitative estimate of drug-likeness (QED) is 0.313. The van der Waals surface area contributed by atoms with Crippen LogP contribution in [0.5, 0.6) is 5.75 Å². The van der Waals surface area contributed by atoms with Crippen molar-refractivity contribution < 1.29 is 19.0 Å². The zero-order valence-electron chi connectivity index (χ0n) is 18.6. The monoisotopic (exact) mass is 408 g/mol. The molecule has 8 nitrogen and oxygen atoms in total. The maximum Gasteiger partial charge on any atom is 0.407 e. The van der Waals surface area contributed by atoms with E-state index in [0.717, 1.165) is 23.3 Å². The van der Waals surface area contributed by atoms with Gasteiger partial charge in [0, 0.05) is 39.4 Å². The van der Waals surface area contributed by atoms with Crippen LogP contribution in [0.15, 0.2) is 23.2 Å². The Balaban J connectivity index is 2.38. The minimum atomic E-state index is -0.490. The first-order chi connectivity index (χ1) is 13.7. The lowest BCUT2D eigenvalue weighted by atomic mass is 10.1. The van der Waals surface area contributed by atoms with Crippen molar-refractivity contribution in [2.75, 3.05) is 40.5 Å². The molecule has 0 bridgehead atoms. The van der Waals surface area contributed by atoms with Crippen molar-refractivity contribution in [1.29, 1.82) is 0 Å². The maximum atomic E-state index is 11.6. The molecular weight excluding hydrogens is 372 g/mol. The second-order valence-corrected chi connectivity index (χ2v) is 7.59. The molecule has 1 rings (SSSR count). The molecule has 8 heteroatoms. The molecule has 0 unspecified atom stereocenters. The number of guanidine groups is 1. The summed E-state index contributed by atoms with van der Waals surface area (Å²) in [5.41, 5.74) is 1.69. The van der Waals surface area contributed by atoms with Crippen LogP contribution in [0.2, 0.25) is 0 Å². The van der Waals surface area contributed by atoms with Gasteiger partial charge in [0.2, 0.25) is 0 Å². The molecule has 1 aromatic carbocycles. The van der Waals surface area contributed by atoms with Crippen LogP contribution in [0.4, 0.5) is 4.79 Å². The summed E-state index contributed by atoms with van der Waals surface area (Å²) >= 11 is 0. The van der Waals surface area contributed by atoms with Gasteiger partial charge in [0.05, 0.1) is 6.61 Å². The van der Waals surface area contributed by atoms with Crippen LogP contribution < -0.4 is 20.7 Å². The zero-order chi connectivity index (χ0) is 21.7. The van der Waals surface area contributed by atoms with Crippen LogP contribution in [0, 0.1) is 6.92 Å². The lowest BCUT2D eigenvalue weighted by Crippen LogP contribution is -2.39. The van der Waals surface area contributed by atoms with E-state index < -0.39 is 11.7 Å². The Morgan fingerprint density at radius 2 is 1.83 bits per heavy atom. The smallest absolute Gasteiger partial charge is 0.407 e. The minimum absolute atomic E-state index is 0.402. The maximum absolute atomic E-state index is 11.6. The number of methoxy groups -OCH3 is 1. The lowest BCUT2D eigenvalue weighted by molar-refractivity contribution is 0.0527. The van der Waals surface area contributed by atoms with E-state index in [4.69, 9.17) is 14.2 Å². The molecule has 29 heavy (non-hydrogen) atoms. The SMILES string of the molecule is CN=C(NCCCNC(=O)OC(C)(C)C)NCc1ccc(C)cc1OCCOC. The van der Waals surface area contributed by atoms with E-state index in [2.05, 4.69) is 27.0 Å². The number of alkyl carbamates (subject to hydrolysis) is 1. The Bertz CT molecular complexity index is 657. The molecule has 0 atom stereocenters. The van der Waals surface area contributed by atoms with Gasteiger partial charge in [-0.05, 0) is 45.7 Å². The highest BCUT2D eigenvalue weighted by atomic mass is 16.6. The number of nitrogens with one attached hydrogen (secondary N) is 3. The van der Waals surface area contributed by atoms with Crippen LogP contribution in [0.3, 0.4) is 0 Å². The highest BCUT2D eigenvalue weighted by molar-refractivity contribution is 5.79. The van der Waals surface area contributed by atoms with E-state index in [1.165, 1.54) is 0 Å². The summed E-state index contributed by atoms with van der Waals surface area (Å²) in [6, 6.07) is 6.12. The van der Waals surface area contributed by atoms with Crippen molar-refractivity contribution in [2.24, 2.45) is 4.99 Å². The Morgan fingerprint density at radius 3 is 2.48 bits per heavy atom. The van der Waals surface area contributed by atoms with Crippen molar-refractivity contribution in [1.82, 2.24) is 16.0 Å². The number of carbonyl (C=O) groups is 1. The van der Waals surface area contributed by atoms with Crippen LogP contribution in [-0.2, 0) is 16.0 Å². The number of hydrogen-bond donors (Lipinski definition) is 3. The van der Waals surface area contributed by atoms with E-state index >= 15 is 0 Å². The van der Waals surface area contributed by atoms with Gasteiger partial charge in [-0.3, -0.25) is 4.99 Å². The Morgan fingerprint density at radius 1 is 1.10 bits per heavy atom.